The van der Waals surface area contributed by atoms with Gasteiger partial charge in [-0.25, -0.2) is 18.2 Å². The van der Waals surface area contributed by atoms with Gasteiger partial charge in [0.1, 0.15) is 23.0 Å². The van der Waals surface area contributed by atoms with Crippen LogP contribution in [0.3, 0.4) is 0 Å². The van der Waals surface area contributed by atoms with E-state index in [9.17, 15) is 13.2 Å². The molecule has 1 heterocycles. The fourth-order valence-corrected chi connectivity index (χ4v) is 3.48. The molecule has 1 aromatic heterocycles. The Kier molecular flexibility index (Phi) is 4.28. The van der Waals surface area contributed by atoms with Crippen LogP contribution in [0.2, 0.25) is 0 Å². The van der Waals surface area contributed by atoms with E-state index in [2.05, 4.69) is 4.98 Å². The maximum absolute atomic E-state index is 13.6. The van der Waals surface area contributed by atoms with Crippen LogP contribution in [0.5, 0.6) is 0 Å². The summed E-state index contributed by atoms with van der Waals surface area (Å²) in [5.41, 5.74) is 1.24. The van der Waals surface area contributed by atoms with Crippen molar-refractivity contribution in [2.24, 2.45) is 0 Å². The van der Waals surface area contributed by atoms with Crippen LogP contribution >= 0.6 is 0 Å². The maximum atomic E-state index is 13.6. The Labute approximate surface area is 154 Å². The molecule has 4 aromatic rings. The Bertz CT molecular complexity index is 912. The number of rotatable bonds is 4. The highest BCUT2D eigenvalue weighted by molar-refractivity contribution is 5.50. The molecule has 0 bridgehead atoms. The van der Waals surface area contributed by atoms with Gasteiger partial charge < -0.3 is 4.57 Å². The summed E-state index contributed by atoms with van der Waals surface area (Å²) in [6, 6.07) is 18.2. The second-order valence-electron chi connectivity index (χ2n) is 6.20. The zero-order valence-electron chi connectivity index (χ0n) is 14.2. The zero-order chi connectivity index (χ0) is 18.9. The van der Waals surface area contributed by atoms with E-state index in [-0.39, 0.29) is 17.5 Å². The molecular weight excluding hydrogens is 349 g/mol. The number of imidazole rings is 1. The van der Waals surface area contributed by atoms with E-state index in [1.807, 2.05) is 4.57 Å². The summed E-state index contributed by atoms with van der Waals surface area (Å²) in [7, 11) is 0. The molecule has 0 radical (unpaired) electrons. The van der Waals surface area contributed by atoms with E-state index in [0.717, 1.165) is 16.7 Å². The molecule has 134 valence electrons. The molecule has 0 atom stereocenters. The van der Waals surface area contributed by atoms with Gasteiger partial charge in [-0.15, -0.1) is 0 Å². The SMILES string of the molecule is Fc1ccc(C(c2ccc(F)cc2)(c2ccc(F)cc2)n2ccnc2)cc1. The summed E-state index contributed by atoms with van der Waals surface area (Å²) in [6.07, 6.45) is 5.04. The lowest BCUT2D eigenvalue weighted by Crippen LogP contribution is -2.37. The maximum Gasteiger partial charge on any atom is 0.123 e. The van der Waals surface area contributed by atoms with Crippen molar-refractivity contribution in [1.29, 1.82) is 0 Å². The summed E-state index contributed by atoms with van der Waals surface area (Å²) in [4.78, 5) is 4.16. The molecular formula is C22H15F3N2. The second-order valence-corrected chi connectivity index (χ2v) is 6.20. The van der Waals surface area contributed by atoms with Crippen molar-refractivity contribution in [1.82, 2.24) is 9.55 Å². The molecule has 3 aromatic carbocycles. The molecule has 0 amide bonds. The summed E-state index contributed by atoms with van der Waals surface area (Å²) >= 11 is 0. The van der Waals surface area contributed by atoms with E-state index in [1.165, 1.54) is 36.4 Å². The van der Waals surface area contributed by atoms with Crippen molar-refractivity contribution in [3.63, 3.8) is 0 Å². The van der Waals surface area contributed by atoms with Crippen molar-refractivity contribution in [3.8, 4) is 0 Å². The van der Waals surface area contributed by atoms with E-state index >= 15 is 0 Å². The van der Waals surface area contributed by atoms with Gasteiger partial charge in [0.2, 0.25) is 0 Å². The van der Waals surface area contributed by atoms with Gasteiger partial charge in [-0.05, 0) is 53.1 Å². The molecule has 0 aliphatic heterocycles. The standard InChI is InChI=1S/C22H15F3N2/c23-19-7-1-16(2-8-19)22(27-14-13-26-15-27,17-3-9-20(24)10-4-17)18-5-11-21(25)12-6-18/h1-15H. The lowest BCUT2D eigenvalue weighted by Gasteiger charge is -2.37. The number of hydrogen-bond acceptors (Lipinski definition) is 1. The largest absolute Gasteiger partial charge is 0.319 e. The number of aromatic nitrogens is 2. The predicted molar refractivity (Wildman–Crippen MR) is 96.7 cm³/mol. The first-order valence-corrected chi connectivity index (χ1v) is 8.37. The second kappa shape index (κ2) is 6.76. The molecule has 5 heteroatoms. The molecule has 0 saturated carbocycles. The van der Waals surface area contributed by atoms with Crippen molar-refractivity contribution in [2.75, 3.05) is 0 Å². The summed E-state index contributed by atoms with van der Waals surface area (Å²) in [5.74, 6) is -1.09. The predicted octanol–water partition coefficient (Wildman–Crippen LogP) is 5.14. The van der Waals surface area contributed by atoms with Crippen LogP contribution in [-0.2, 0) is 5.54 Å². The monoisotopic (exact) mass is 364 g/mol. The highest BCUT2D eigenvalue weighted by Crippen LogP contribution is 2.40. The fraction of sp³-hybridized carbons (Fsp3) is 0.0455. The number of benzene rings is 3. The van der Waals surface area contributed by atoms with Crippen molar-refractivity contribution >= 4 is 0 Å². The highest BCUT2D eigenvalue weighted by atomic mass is 19.1. The average molecular weight is 364 g/mol. The van der Waals surface area contributed by atoms with Gasteiger partial charge in [0, 0.05) is 12.4 Å². The average Bonchev–Trinajstić information content (AvgIpc) is 3.21. The Balaban J connectivity index is 2.09. The third kappa shape index (κ3) is 2.91. The van der Waals surface area contributed by atoms with Gasteiger partial charge in [-0.1, -0.05) is 36.4 Å². The van der Waals surface area contributed by atoms with E-state index in [0.29, 0.717) is 0 Å². The Morgan fingerprint density at radius 3 is 1.26 bits per heavy atom. The molecule has 0 aliphatic rings. The first-order chi connectivity index (χ1) is 13.1. The summed E-state index contributed by atoms with van der Waals surface area (Å²) in [6.45, 7) is 0. The minimum Gasteiger partial charge on any atom is -0.319 e. The van der Waals surface area contributed by atoms with Crippen LogP contribution in [0, 0.1) is 17.5 Å². The van der Waals surface area contributed by atoms with E-state index < -0.39 is 5.54 Å². The molecule has 2 nitrogen and oxygen atoms in total. The van der Waals surface area contributed by atoms with E-state index in [1.54, 1.807) is 55.1 Å². The normalized spacial score (nSPS) is 11.5. The van der Waals surface area contributed by atoms with Gasteiger partial charge in [0.15, 0.2) is 0 Å². The molecule has 0 saturated heterocycles. The third-order valence-corrected chi connectivity index (χ3v) is 4.68. The third-order valence-electron chi connectivity index (χ3n) is 4.68. The number of nitrogens with zero attached hydrogens (tertiary/aromatic N) is 2. The first kappa shape index (κ1) is 17.1. The van der Waals surface area contributed by atoms with Crippen LogP contribution in [0.25, 0.3) is 0 Å². The molecule has 0 spiro atoms. The molecule has 0 aliphatic carbocycles. The molecule has 0 fully saturated rings. The van der Waals surface area contributed by atoms with Gasteiger partial charge in [0.05, 0.1) is 6.33 Å². The molecule has 0 unspecified atom stereocenters. The quantitative estimate of drug-likeness (QED) is 0.459. The minimum absolute atomic E-state index is 0.364. The van der Waals surface area contributed by atoms with Crippen molar-refractivity contribution in [3.05, 3.63) is 126 Å². The first-order valence-electron chi connectivity index (χ1n) is 8.37. The topological polar surface area (TPSA) is 17.8 Å². The van der Waals surface area contributed by atoms with Crippen LogP contribution in [-0.4, -0.2) is 9.55 Å². The lowest BCUT2D eigenvalue weighted by molar-refractivity contribution is 0.509. The van der Waals surface area contributed by atoms with Crippen LogP contribution in [0.15, 0.2) is 91.5 Å². The van der Waals surface area contributed by atoms with Gasteiger partial charge in [-0.2, -0.15) is 0 Å². The number of halogens is 3. The van der Waals surface area contributed by atoms with Crippen LogP contribution < -0.4 is 0 Å². The van der Waals surface area contributed by atoms with Crippen molar-refractivity contribution in [2.45, 2.75) is 5.54 Å². The number of hydrogen-bond donors (Lipinski definition) is 0. The van der Waals surface area contributed by atoms with Crippen LogP contribution in [0.4, 0.5) is 13.2 Å². The Hall–Kier alpha value is -3.34. The van der Waals surface area contributed by atoms with Crippen molar-refractivity contribution < 1.29 is 13.2 Å². The molecule has 0 N–H and O–H groups in total. The van der Waals surface area contributed by atoms with Gasteiger partial charge in [0.25, 0.3) is 0 Å². The smallest absolute Gasteiger partial charge is 0.123 e. The summed E-state index contributed by atoms with van der Waals surface area (Å²) < 4.78 is 42.7. The Morgan fingerprint density at radius 1 is 0.593 bits per heavy atom. The summed E-state index contributed by atoms with van der Waals surface area (Å²) in [5, 5.41) is 0. The van der Waals surface area contributed by atoms with Gasteiger partial charge in [-0.3, -0.25) is 0 Å². The van der Waals surface area contributed by atoms with E-state index in [4.69, 9.17) is 0 Å². The zero-order valence-corrected chi connectivity index (χ0v) is 14.2. The molecule has 4 rings (SSSR count). The Morgan fingerprint density at radius 2 is 0.963 bits per heavy atom. The van der Waals surface area contributed by atoms with Gasteiger partial charge >= 0.3 is 0 Å². The lowest BCUT2D eigenvalue weighted by atomic mass is 9.76. The fourth-order valence-electron chi connectivity index (χ4n) is 3.48. The molecule has 27 heavy (non-hydrogen) atoms. The van der Waals surface area contributed by atoms with Crippen LogP contribution in [0.1, 0.15) is 16.7 Å². The minimum atomic E-state index is -0.967. The highest BCUT2D eigenvalue weighted by Gasteiger charge is 2.38.